The van der Waals surface area contributed by atoms with Gasteiger partial charge in [-0.15, -0.1) is 0 Å². The highest BCUT2D eigenvalue weighted by molar-refractivity contribution is 7.89. The zero-order chi connectivity index (χ0) is 15.6. The Morgan fingerprint density at radius 3 is 2.48 bits per heavy atom. The molecule has 0 amide bonds. The van der Waals surface area contributed by atoms with E-state index in [-0.39, 0.29) is 0 Å². The molecule has 21 heavy (non-hydrogen) atoms. The quantitative estimate of drug-likeness (QED) is 0.879. The summed E-state index contributed by atoms with van der Waals surface area (Å²) in [5, 5.41) is 3.23. The van der Waals surface area contributed by atoms with Gasteiger partial charge in [0.2, 0.25) is 10.0 Å². The van der Waals surface area contributed by atoms with Crippen molar-refractivity contribution in [3.63, 3.8) is 0 Å². The van der Waals surface area contributed by atoms with Crippen LogP contribution in [0, 0.1) is 6.92 Å². The van der Waals surface area contributed by atoms with Gasteiger partial charge in [0.1, 0.15) is 16.4 Å². The van der Waals surface area contributed by atoms with Gasteiger partial charge in [-0.05, 0) is 14.0 Å². The van der Waals surface area contributed by atoms with Gasteiger partial charge in [0, 0.05) is 38.3 Å². The molecule has 0 aromatic carbocycles. The first-order valence-corrected chi connectivity index (χ1v) is 8.76. The molecule has 120 valence electrons. The summed E-state index contributed by atoms with van der Waals surface area (Å²) in [6.07, 6.45) is 0. The molecule has 0 bridgehead atoms. The predicted molar refractivity (Wildman–Crippen MR) is 81.7 cm³/mol. The Bertz CT molecular complexity index is 572. The SMILES string of the molecule is Cc1oc(CNC(C)C)cc1S(=O)(=O)N1CCN(C)CC1. The third kappa shape index (κ3) is 3.85. The Kier molecular flexibility index (Phi) is 5.08. The summed E-state index contributed by atoms with van der Waals surface area (Å²) in [7, 11) is -1.45. The molecule has 0 unspecified atom stereocenters. The van der Waals surface area contributed by atoms with Crippen LogP contribution in [0.3, 0.4) is 0 Å². The Balaban J connectivity index is 2.16. The Morgan fingerprint density at radius 2 is 1.90 bits per heavy atom. The smallest absolute Gasteiger partial charge is 0.246 e. The second-order valence-electron chi connectivity index (χ2n) is 5.88. The lowest BCUT2D eigenvalue weighted by molar-refractivity contribution is 0.222. The number of nitrogens with one attached hydrogen (secondary N) is 1. The fourth-order valence-electron chi connectivity index (χ4n) is 2.34. The zero-order valence-electron chi connectivity index (χ0n) is 13.2. The number of furan rings is 1. The van der Waals surface area contributed by atoms with E-state index < -0.39 is 10.0 Å². The summed E-state index contributed by atoms with van der Waals surface area (Å²) in [4.78, 5) is 2.43. The van der Waals surface area contributed by atoms with Crippen LogP contribution in [-0.2, 0) is 16.6 Å². The van der Waals surface area contributed by atoms with E-state index >= 15 is 0 Å². The normalized spacial score (nSPS) is 18.5. The average molecular weight is 315 g/mol. The van der Waals surface area contributed by atoms with Crippen molar-refractivity contribution in [2.45, 2.75) is 38.3 Å². The van der Waals surface area contributed by atoms with Crippen molar-refractivity contribution < 1.29 is 12.8 Å². The van der Waals surface area contributed by atoms with Gasteiger partial charge in [-0.25, -0.2) is 8.42 Å². The molecule has 2 heterocycles. The maximum atomic E-state index is 12.7. The van der Waals surface area contributed by atoms with Crippen molar-refractivity contribution >= 4 is 10.0 Å². The van der Waals surface area contributed by atoms with Gasteiger partial charge < -0.3 is 14.6 Å². The van der Waals surface area contributed by atoms with Crippen LogP contribution in [0.1, 0.15) is 25.4 Å². The first-order valence-electron chi connectivity index (χ1n) is 7.32. The van der Waals surface area contributed by atoms with E-state index in [1.165, 1.54) is 0 Å². The highest BCUT2D eigenvalue weighted by atomic mass is 32.2. The van der Waals surface area contributed by atoms with Gasteiger partial charge in [0.05, 0.1) is 6.54 Å². The molecule has 1 aromatic heterocycles. The highest BCUT2D eigenvalue weighted by Crippen LogP contribution is 2.24. The van der Waals surface area contributed by atoms with Crippen molar-refractivity contribution in [1.82, 2.24) is 14.5 Å². The van der Waals surface area contributed by atoms with Crippen LogP contribution in [0.2, 0.25) is 0 Å². The molecule has 0 aliphatic carbocycles. The second-order valence-corrected chi connectivity index (χ2v) is 7.78. The average Bonchev–Trinajstić information content (AvgIpc) is 2.79. The van der Waals surface area contributed by atoms with Crippen LogP contribution in [-0.4, -0.2) is 56.9 Å². The minimum absolute atomic E-state index is 0.299. The van der Waals surface area contributed by atoms with Crippen molar-refractivity contribution in [1.29, 1.82) is 0 Å². The van der Waals surface area contributed by atoms with Gasteiger partial charge in [0.15, 0.2) is 0 Å². The van der Waals surface area contributed by atoms with Crippen molar-refractivity contribution in [3.8, 4) is 0 Å². The van der Waals surface area contributed by atoms with Crippen LogP contribution in [0.15, 0.2) is 15.4 Å². The molecule has 1 fully saturated rings. The number of piperazine rings is 1. The third-order valence-corrected chi connectivity index (χ3v) is 5.69. The summed E-state index contributed by atoms with van der Waals surface area (Å²) in [5.74, 6) is 1.13. The van der Waals surface area contributed by atoms with E-state index in [0.717, 1.165) is 13.1 Å². The fourth-order valence-corrected chi connectivity index (χ4v) is 3.95. The maximum absolute atomic E-state index is 12.7. The highest BCUT2D eigenvalue weighted by Gasteiger charge is 2.30. The van der Waals surface area contributed by atoms with E-state index in [2.05, 4.69) is 10.2 Å². The molecular weight excluding hydrogens is 290 g/mol. The summed E-state index contributed by atoms with van der Waals surface area (Å²) in [5.41, 5.74) is 0. The van der Waals surface area contributed by atoms with E-state index in [1.54, 1.807) is 17.3 Å². The van der Waals surface area contributed by atoms with Crippen molar-refractivity contribution in [2.24, 2.45) is 0 Å². The molecular formula is C14H25N3O3S. The number of hydrogen-bond donors (Lipinski definition) is 1. The molecule has 0 atom stereocenters. The molecule has 1 aromatic rings. The summed E-state index contributed by atoms with van der Waals surface area (Å²) < 4.78 is 32.5. The first-order chi connectivity index (χ1) is 9.80. The summed E-state index contributed by atoms with van der Waals surface area (Å²) in [6, 6.07) is 1.98. The van der Waals surface area contributed by atoms with Crippen LogP contribution in [0.25, 0.3) is 0 Å². The van der Waals surface area contributed by atoms with E-state index in [0.29, 0.717) is 42.1 Å². The Labute approximate surface area is 127 Å². The minimum atomic E-state index is -3.45. The van der Waals surface area contributed by atoms with Crippen LogP contribution < -0.4 is 5.32 Å². The number of nitrogens with zero attached hydrogens (tertiary/aromatic N) is 2. The van der Waals surface area contributed by atoms with Crippen LogP contribution >= 0.6 is 0 Å². The van der Waals surface area contributed by atoms with Gasteiger partial charge >= 0.3 is 0 Å². The predicted octanol–water partition coefficient (Wildman–Crippen LogP) is 1.02. The monoisotopic (exact) mass is 315 g/mol. The molecule has 1 aliphatic rings. The molecule has 6 nitrogen and oxygen atoms in total. The molecule has 2 rings (SSSR count). The van der Waals surface area contributed by atoms with Gasteiger partial charge in [0.25, 0.3) is 0 Å². The number of aryl methyl sites for hydroxylation is 1. The summed E-state index contributed by atoms with van der Waals surface area (Å²) >= 11 is 0. The lowest BCUT2D eigenvalue weighted by Gasteiger charge is -2.31. The molecule has 0 spiro atoms. The molecule has 1 N–H and O–H groups in total. The van der Waals surface area contributed by atoms with E-state index in [4.69, 9.17) is 4.42 Å². The maximum Gasteiger partial charge on any atom is 0.246 e. The lowest BCUT2D eigenvalue weighted by Crippen LogP contribution is -2.47. The number of sulfonamides is 1. The molecule has 1 saturated heterocycles. The zero-order valence-corrected chi connectivity index (χ0v) is 14.0. The number of rotatable bonds is 5. The van der Waals surface area contributed by atoms with Crippen molar-refractivity contribution in [3.05, 3.63) is 17.6 Å². The molecule has 1 aliphatic heterocycles. The third-order valence-electron chi connectivity index (χ3n) is 3.69. The minimum Gasteiger partial charge on any atom is -0.464 e. The fraction of sp³-hybridized carbons (Fsp3) is 0.714. The largest absolute Gasteiger partial charge is 0.464 e. The first kappa shape index (κ1) is 16.5. The van der Waals surface area contributed by atoms with Crippen LogP contribution in [0.5, 0.6) is 0 Å². The Morgan fingerprint density at radius 1 is 1.29 bits per heavy atom. The molecule has 7 heteroatoms. The summed E-state index contributed by atoms with van der Waals surface area (Å²) in [6.45, 7) is 8.91. The van der Waals surface area contributed by atoms with Gasteiger partial charge in [-0.1, -0.05) is 13.8 Å². The Hall–Kier alpha value is -0.890. The topological polar surface area (TPSA) is 65.8 Å². The number of hydrogen-bond acceptors (Lipinski definition) is 5. The van der Waals surface area contributed by atoms with Crippen LogP contribution in [0.4, 0.5) is 0 Å². The van der Waals surface area contributed by atoms with E-state index in [9.17, 15) is 8.42 Å². The lowest BCUT2D eigenvalue weighted by atomic mass is 10.3. The van der Waals surface area contributed by atoms with Crippen molar-refractivity contribution in [2.75, 3.05) is 33.2 Å². The molecule has 0 radical (unpaired) electrons. The van der Waals surface area contributed by atoms with Gasteiger partial charge in [-0.3, -0.25) is 0 Å². The second kappa shape index (κ2) is 6.48. The number of likely N-dealkylation sites (N-methyl/N-ethyl adjacent to an activating group) is 1. The van der Waals surface area contributed by atoms with Gasteiger partial charge in [-0.2, -0.15) is 4.31 Å². The molecule has 0 saturated carbocycles. The standard InChI is InChI=1S/C14H25N3O3S/c1-11(2)15-10-13-9-14(12(3)20-13)21(18,19)17-7-5-16(4)6-8-17/h9,11,15H,5-8,10H2,1-4H3. The van der Waals surface area contributed by atoms with E-state index in [1.807, 2.05) is 20.9 Å².